The summed E-state index contributed by atoms with van der Waals surface area (Å²) in [5.41, 5.74) is 2.84. The second-order valence-electron chi connectivity index (χ2n) is 15.6. The summed E-state index contributed by atoms with van der Waals surface area (Å²) in [6.07, 6.45) is 2.38. The second-order valence-corrected chi connectivity index (χ2v) is 16.0. The summed E-state index contributed by atoms with van der Waals surface area (Å²) >= 11 is 6.74. The number of fused-ring (bicyclic) bond motifs is 2. The Balaban J connectivity index is 1.25. The SMILES string of the molecule is Cc1cc2c(cc1Cl)C1(CCN(C(=O)[C@@H]3CN(C(C)(C)C)C[C@H]3c3ccc(F)cc3F)CC1)C[C@@H]2C(C)(C)C(=O)N1CCOCC1. The van der Waals surface area contributed by atoms with Gasteiger partial charge in [-0.15, -0.1) is 0 Å². The normalized spacial score (nSPS) is 25.3. The molecule has 3 saturated heterocycles. The van der Waals surface area contributed by atoms with Crippen LogP contribution in [-0.4, -0.2) is 84.5 Å². The maximum Gasteiger partial charge on any atom is 0.229 e. The number of nitrogens with zero attached hydrogens (tertiary/aromatic N) is 3. The Kier molecular flexibility index (Phi) is 8.82. The zero-order valence-corrected chi connectivity index (χ0v) is 28.9. The van der Waals surface area contributed by atoms with Crippen molar-refractivity contribution in [1.29, 1.82) is 0 Å². The molecule has 3 aliphatic heterocycles. The Labute approximate surface area is 277 Å². The molecule has 3 atom stereocenters. The molecule has 0 N–H and O–H groups in total. The van der Waals surface area contributed by atoms with Gasteiger partial charge in [0, 0.05) is 61.8 Å². The maximum atomic E-state index is 15.1. The molecule has 2 aromatic carbocycles. The minimum absolute atomic E-state index is 0.0251. The number of morpholine rings is 1. The Morgan fingerprint density at radius 3 is 2.22 bits per heavy atom. The fourth-order valence-corrected chi connectivity index (χ4v) is 8.77. The molecule has 0 saturated carbocycles. The van der Waals surface area contributed by atoms with E-state index in [4.69, 9.17) is 16.3 Å². The predicted octanol–water partition coefficient (Wildman–Crippen LogP) is 6.67. The standard InChI is InChI=1S/C37H48ClF2N3O3/c1-23-17-26-29(19-31(23)38)37(20-30(26)36(5,6)34(45)42-13-15-46-16-14-42)9-11-41(12-10-37)33(44)28-22-43(35(2,3)4)21-27(28)25-8-7-24(39)18-32(25)40/h7-8,17-19,27-28,30H,9-16,20-22H2,1-6H3/t27-,28+,30-/m0/s1. The highest BCUT2D eigenvalue weighted by molar-refractivity contribution is 6.31. The molecule has 46 heavy (non-hydrogen) atoms. The zero-order chi connectivity index (χ0) is 33.2. The smallest absolute Gasteiger partial charge is 0.229 e. The lowest BCUT2D eigenvalue weighted by molar-refractivity contribution is -0.146. The van der Waals surface area contributed by atoms with Crippen molar-refractivity contribution in [3.8, 4) is 0 Å². The maximum absolute atomic E-state index is 15.1. The quantitative estimate of drug-likeness (QED) is 0.369. The highest BCUT2D eigenvalue weighted by Crippen LogP contribution is 2.58. The molecule has 2 aromatic rings. The van der Waals surface area contributed by atoms with Crippen molar-refractivity contribution < 1.29 is 23.1 Å². The van der Waals surface area contributed by atoms with E-state index >= 15 is 4.39 Å². The average molecular weight is 656 g/mol. The molecule has 3 heterocycles. The number of halogens is 3. The second kappa shape index (κ2) is 12.2. The Morgan fingerprint density at radius 2 is 1.59 bits per heavy atom. The minimum Gasteiger partial charge on any atom is -0.378 e. The summed E-state index contributed by atoms with van der Waals surface area (Å²) in [6, 6.07) is 8.02. The van der Waals surface area contributed by atoms with Gasteiger partial charge in [-0.3, -0.25) is 14.5 Å². The molecule has 1 spiro atoms. The highest BCUT2D eigenvalue weighted by atomic mass is 35.5. The molecule has 0 bridgehead atoms. The van der Waals surface area contributed by atoms with E-state index in [-0.39, 0.29) is 34.6 Å². The van der Waals surface area contributed by atoms with Crippen molar-refractivity contribution in [2.45, 2.75) is 83.6 Å². The number of carbonyl (C=O) groups excluding carboxylic acids is 2. The molecule has 1 aliphatic carbocycles. The van der Waals surface area contributed by atoms with Crippen LogP contribution in [0, 0.1) is 29.9 Å². The molecule has 250 valence electrons. The van der Waals surface area contributed by atoms with E-state index in [9.17, 15) is 14.0 Å². The summed E-state index contributed by atoms with van der Waals surface area (Å²) in [4.78, 5) is 34.4. The number of piperidine rings is 1. The Hall–Kier alpha value is -2.55. The number of hydrogen-bond acceptors (Lipinski definition) is 4. The van der Waals surface area contributed by atoms with E-state index in [1.54, 1.807) is 0 Å². The molecule has 6 nitrogen and oxygen atoms in total. The third kappa shape index (κ3) is 5.87. The van der Waals surface area contributed by atoms with Crippen LogP contribution in [0.2, 0.25) is 5.02 Å². The molecule has 0 aromatic heterocycles. The van der Waals surface area contributed by atoms with Crippen molar-refractivity contribution in [3.05, 3.63) is 69.2 Å². The third-order valence-corrected chi connectivity index (χ3v) is 12.0. The number of likely N-dealkylation sites (tertiary alicyclic amines) is 2. The van der Waals surface area contributed by atoms with E-state index in [1.807, 2.05) is 16.7 Å². The predicted molar refractivity (Wildman–Crippen MR) is 176 cm³/mol. The van der Waals surface area contributed by atoms with E-state index in [1.165, 1.54) is 23.3 Å². The molecule has 0 radical (unpaired) electrons. The number of carbonyl (C=O) groups is 2. The zero-order valence-electron chi connectivity index (χ0n) is 28.1. The average Bonchev–Trinajstić information content (AvgIpc) is 3.59. The number of amides is 2. The van der Waals surface area contributed by atoms with Crippen LogP contribution in [0.1, 0.15) is 88.0 Å². The number of hydrogen-bond donors (Lipinski definition) is 0. The van der Waals surface area contributed by atoms with Gasteiger partial charge in [-0.05, 0) is 92.7 Å². The lowest BCUT2D eigenvalue weighted by atomic mass is 9.69. The van der Waals surface area contributed by atoms with Gasteiger partial charge >= 0.3 is 0 Å². The van der Waals surface area contributed by atoms with Gasteiger partial charge in [-0.1, -0.05) is 37.6 Å². The van der Waals surface area contributed by atoms with Crippen LogP contribution in [0.5, 0.6) is 0 Å². The Morgan fingerprint density at radius 1 is 0.913 bits per heavy atom. The fraction of sp³-hybridized carbons (Fsp3) is 0.622. The number of benzene rings is 2. The van der Waals surface area contributed by atoms with Crippen LogP contribution >= 0.6 is 11.6 Å². The topological polar surface area (TPSA) is 53.1 Å². The van der Waals surface area contributed by atoms with Crippen LogP contribution in [0.4, 0.5) is 8.78 Å². The van der Waals surface area contributed by atoms with E-state index < -0.39 is 23.0 Å². The fourth-order valence-electron chi connectivity index (χ4n) is 8.61. The van der Waals surface area contributed by atoms with Crippen molar-refractivity contribution in [2.75, 3.05) is 52.5 Å². The molecule has 2 amide bonds. The molecule has 3 fully saturated rings. The number of rotatable bonds is 4. The van der Waals surface area contributed by atoms with Gasteiger partial charge in [0.25, 0.3) is 0 Å². The van der Waals surface area contributed by atoms with Crippen molar-refractivity contribution in [2.24, 2.45) is 11.3 Å². The van der Waals surface area contributed by atoms with Gasteiger partial charge in [0.2, 0.25) is 11.8 Å². The first kappa shape index (κ1) is 33.4. The largest absolute Gasteiger partial charge is 0.378 e. The first-order valence-corrected chi connectivity index (χ1v) is 17.2. The molecule has 0 unspecified atom stereocenters. The monoisotopic (exact) mass is 655 g/mol. The van der Waals surface area contributed by atoms with E-state index in [0.717, 1.165) is 35.9 Å². The van der Waals surface area contributed by atoms with Crippen molar-refractivity contribution in [1.82, 2.24) is 14.7 Å². The summed E-state index contributed by atoms with van der Waals surface area (Å²) in [7, 11) is 0. The van der Waals surface area contributed by atoms with Crippen LogP contribution in [0.15, 0.2) is 30.3 Å². The summed E-state index contributed by atoms with van der Waals surface area (Å²) in [5, 5.41) is 0.729. The van der Waals surface area contributed by atoms with Gasteiger partial charge in [0.05, 0.1) is 24.5 Å². The Bertz CT molecular complexity index is 1510. The highest BCUT2D eigenvalue weighted by Gasteiger charge is 2.54. The summed E-state index contributed by atoms with van der Waals surface area (Å²) in [6.45, 7) is 17.1. The molecular weight excluding hydrogens is 608 g/mol. The first-order chi connectivity index (χ1) is 21.6. The minimum atomic E-state index is -0.616. The van der Waals surface area contributed by atoms with Gasteiger partial charge in [-0.2, -0.15) is 0 Å². The van der Waals surface area contributed by atoms with Crippen LogP contribution < -0.4 is 0 Å². The van der Waals surface area contributed by atoms with Gasteiger partial charge < -0.3 is 14.5 Å². The van der Waals surface area contributed by atoms with Crippen LogP contribution in [-0.2, 0) is 19.7 Å². The molecular formula is C37H48ClF2N3O3. The van der Waals surface area contributed by atoms with E-state index in [2.05, 4.69) is 51.7 Å². The molecule has 9 heteroatoms. The van der Waals surface area contributed by atoms with Gasteiger partial charge in [-0.25, -0.2) is 8.78 Å². The lowest BCUT2D eigenvalue weighted by Gasteiger charge is -2.43. The van der Waals surface area contributed by atoms with Gasteiger partial charge in [0.1, 0.15) is 11.6 Å². The van der Waals surface area contributed by atoms with Crippen molar-refractivity contribution >= 4 is 23.4 Å². The number of aryl methyl sites for hydroxylation is 1. The van der Waals surface area contributed by atoms with Crippen LogP contribution in [0.3, 0.4) is 0 Å². The third-order valence-electron chi connectivity index (χ3n) is 11.6. The summed E-state index contributed by atoms with van der Waals surface area (Å²) in [5.74, 6) is -1.75. The van der Waals surface area contributed by atoms with Crippen LogP contribution in [0.25, 0.3) is 0 Å². The molecule has 4 aliphatic rings. The van der Waals surface area contributed by atoms with Gasteiger partial charge in [0.15, 0.2) is 0 Å². The van der Waals surface area contributed by atoms with E-state index in [0.29, 0.717) is 58.0 Å². The summed E-state index contributed by atoms with van der Waals surface area (Å²) < 4.78 is 34.4. The first-order valence-electron chi connectivity index (χ1n) is 16.8. The number of ether oxygens (including phenoxy) is 1. The lowest BCUT2D eigenvalue weighted by Crippen LogP contribution is -2.49. The van der Waals surface area contributed by atoms with Crippen molar-refractivity contribution in [3.63, 3.8) is 0 Å². The molecule has 6 rings (SSSR count).